The molecule has 0 saturated carbocycles. The first-order valence-corrected chi connectivity index (χ1v) is 7.36. The number of anilines is 1. The zero-order valence-corrected chi connectivity index (χ0v) is 13.1. The first-order valence-electron chi connectivity index (χ1n) is 7.36. The highest BCUT2D eigenvalue weighted by atomic mass is 16.1. The maximum atomic E-state index is 12.4. The van der Waals surface area contributed by atoms with E-state index in [1.807, 2.05) is 6.92 Å². The summed E-state index contributed by atoms with van der Waals surface area (Å²) in [5, 5.41) is 3.22. The molecule has 0 bridgehead atoms. The summed E-state index contributed by atoms with van der Waals surface area (Å²) < 4.78 is 1.71. The number of benzene rings is 1. The standard InChI is InChI=1S/C17H23N3O/c1-12(2)11-20-10-9-18-16(17(20)21)19-14(4)15-7-5-13(3)6-8-15/h5-10,12,14H,11H2,1-4H3,(H,18,19). The minimum absolute atomic E-state index is 0.0423. The number of hydrogen-bond donors (Lipinski definition) is 1. The quantitative estimate of drug-likeness (QED) is 0.916. The van der Waals surface area contributed by atoms with Crippen LogP contribution in [0.15, 0.2) is 41.5 Å². The van der Waals surface area contributed by atoms with Crippen LogP contribution < -0.4 is 10.9 Å². The highest BCUT2D eigenvalue weighted by Gasteiger charge is 2.10. The maximum absolute atomic E-state index is 12.4. The topological polar surface area (TPSA) is 46.9 Å². The van der Waals surface area contributed by atoms with E-state index in [-0.39, 0.29) is 11.6 Å². The summed E-state index contributed by atoms with van der Waals surface area (Å²) in [5.41, 5.74) is 2.30. The molecule has 0 fully saturated rings. The lowest BCUT2D eigenvalue weighted by atomic mass is 10.1. The Morgan fingerprint density at radius 2 is 1.86 bits per heavy atom. The molecule has 2 rings (SSSR count). The van der Waals surface area contributed by atoms with Crippen molar-refractivity contribution in [2.45, 2.75) is 40.3 Å². The molecule has 0 radical (unpaired) electrons. The van der Waals surface area contributed by atoms with Crippen molar-refractivity contribution >= 4 is 5.82 Å². The van der Waals surface area contributed by atoms with Crippen LogP contribution in [0.25, 0.3) is 0 Å². The van der Waals surface area contributed by atoms with Crippen molar-refractivity contribution in [2.24, 2.45) is 5.92 Å². The van der Waals surface area contributed by atoms with Gasteiger partial charge in [0.1, 0.15) is 0 Å². The molecule has 0 aliphatic heterocycles. The molecule has 1 heterocycles. The van der Waals surface area contributed by atoms with Crippen molar-refractivity contribution < 1.29 is 0 Å². The number of nitrogens with one attached hydrogen (secondary N) is 1. The van der Waals surface area contributed by atoms with Gasteiger partial charge in [-0.2, -0.15) is 0 Å². The van der Waals surface area contributed by atoms with Crippen LogP contribution in [0.5, 0.6) is 0 Å². The lowest BCUT2D eigenvalue weighted by Gasteiger charge is -2.16. The fraction of sp³-hybridized carbons (Fsp3) is 0.412. The molecule has 0 spiro atoms. The van der Waals surface area contributed by atoms with E-state index in [1.54, 1.807) is 17.0 Å². The van der Waals surface area contributed by atoms with Gasteiger partial charge in [0.25, 0.3) is 5.56 Å². The molecule has 1 aromatic carbocycles. The number of aromatic nitrogens is 2. The van der Waals surface area contributed by atoms with Crippen LogP contribution >= 0.6 is 0 Å². The first-order chi connectivity index (χ1) is 9.97. The molecule has 4 nitrogen and oxygen atoms in total. The van der Waals surface area contributed by atoms with E-state index in [0.29, 0.717) is 18.3 Å². The molecule has 1 aromatic heterocycles. The Balaban J connectivity index is 2.19. The predicted molar refractivity (Wildman–Crippen MR) is 86.6 cm³/mol. The summed E-state index contributed by atoms with van der Waals surface area (Å²) in [7, 11) is 0. The largest absolute Gasteiger partial charge is 0.359 e. The van der Waals surface area contributed by atoms with Crippen LogP contribution in [0.1, 0.15) is 37.9 Å². The minimum atomic E-state index is -0.0647. The summed E-state index contributed by atoms with van der Waals surface area (Å²) >= 11 is 0. The molecule has 1 unspecified atom stereocenters. The molecule has 21 heavy (non-hydrogen) atoms. The summed E-state index contributed by atoms with van der Waals surface area (Å²) in [6.45, 7) is 8.98. The summed E-state index contributed by atoms with van der Waals surface area (Å²) in [6, 6.07) is 8.33. The molecular formula is C17H23N3O. The van der Waals surface area contributed by atoms with Crippen molar-refractivity contribution in [3.63, 3.8) is 0 Å². The van der Waals surface area contributed by atoms with E-state index < -0.39 is 0 Å². The monoisotopic (exact) mass is 285 g/mol. The fourth-order valence-corrected chi connectivity index (χ4v) is 2.23. The summed E-state index contributed by atoms with van der Waals surface area (Å²) in [6.07, 6.45) is 3.41. The second-order valence-electron chi connectivity index (χ2n) is 5.90. The summed E-state index contributed by atoms with van der Waals surface area (Å²) in [4.78, 5) is 16.5. The van der Waals surface area contributed by atoms with Gasteiger partial charge in [0.15, 0.2) is 5.82 Å². The van der Waals surface area contributed by atoms with Gasteiger partial charge in [-0.25, -0.2) is 4.98 Å². The maximum Gasteiger partial charge on any atom is 0.293 e. The van der Waals surface area contributed by atoms with Gasteiger partial charge < -0.3 is 9.88 Å². The third-order valence-corrected chi connectivity index (χ3v) is 3.41. The highest BCUT2D eigenvalue weighted by molar-refractivity contribution is 5.36. The SMILES string of the molecule is Cc1ccc(C(C)Nc2nccn(CC(C)C)c2=O)cc1. The molecule has 0 aliphatic rings. The van der Waals surface area contributed by atoms with Crippen LogP contribution in [0.4, 0.5) is 5.82 Å². The Bertz CT molecular complexity index is 644. The Morgan fingerprint density at radius 3 is 2.48 bits per heavy atom. The van der Waals surface area contributed by atoms with Gasteiger partial charge in [-0.15, -0.1) is 0 Å². The van der Waals surface area contributed by atoms with E-state index in [9.17, 15) is 4.79 Å². The second-order valence-corrected chi connectivity index (χ2v) is 5.90. The first kappa shape index (κ1) is 15.3. The third-order valence-electron chi connectivity index (χ3n) is 3.41. The zero-order valence-electron chi connectivity index (χ0n) is 13.1. The van der Waals surface area contributed by atoms with Gasteiger partial charge in [-0.1, -0.05) is 43.7 Å². The molecule has 0 saturated heterocycles. The number of aryl methyl sites for hydroxylation is 1. The average molecular weight is 285 g/mol. The lowest BCUT2D eigenvalue weighted by Crippen LogP contribution is -2.26. The van der Waals surface area contributed by atoms with Crippen LogP contribution in [-0.4, -0.2) is 9.55 Å². The predicted octanol–water partition coefficient (Wildman–Crippen LogP) is 3.38. The van der Waals surface area contributed by atoms with E-state index in [4.69, 9.17) is 0 Å². The van der Waals surface area contributed by atoms with Crippen LogP contribution in [0.3, 0.4) is 0 Å². The van der Waals surface area contributed by atoms with E-state index in [2.05, 4.69) is 55.3 Å². The van der Waals surface area contributed by atoms with E-state index >= 15 is 0 Å². The lowest BCUT2D eigenvalue weighted by molar-refractivity contribution is 0.509. The Labute approximate surface area is 125 Å². The Morgan fingerprint density at radius 1 is 1.19 bits per heavy atom. The zero-order chi connectivity index (χ0) is 15.4. The number of hydrogen-bond acceptors (Lipinski definition) is 3. The molecule has 1 atom stereocenters. The molecular weight excluding hydrogens is 262 g/mol. The smallest absolute Gasteiger partial charge is 0.293 e. The van der Waals surface area contributed by atoms with Crippen LogP contribution in [-0.2, 0) is 6.54 Å². The van der Waals surface area contributed by atoms with Crippen LogP contribution in [0, 0.1) is 12.8 Å². The van der Waals surface area contributed by atoms with Gasteiger partial charge in [0.2, 0.25) is 0 Å². The second kappa shape index (κ2) is 6.57. The van der Waals surface area contributed by atoms with Crippen molar-refractivity contribution in [2.75, 3.05) is 5.32 Å². The third kappa shape index (κ3) is 3.94. The van der Waals surface area contributed by atoms with Crippen molar-refractivity contribution in [1.82, 2.24) is 9.55 Å². The van der Waals surface area contributed by atoms with E-state index in [0.717, 1.165) is 5.56 Å². The van der Waals surface area contributed by atoms with Crippen molar-refractivity contribution in [3.8, 4) is 0 Å². The molecule has 112 valence electrons. The highest BCUT2D eigenvalue weighted by Crippen LogP contribution is 2.16. The van der Waals surface area contributed by atoms with Crippen molar-refractivity contribution in [3.05, 3.63) is 58.1 Å². The van der Waals surface area contributed by atoms with Gasteiger partial charge in [0, 0.05) is 18.9 Å². The van der Waals surface area contributed by atoms with Crippen molar-refractivity contribution in [1.29, 1.82) is 0 Å². The fourth-order valence-electron chi connectivity index (χ4n) is 2.23. The van der Waals surface area contributed by atoms with E-state index in [1.165, 1.54) is 5.56 Å². The number of nitrogens with zero attached hydrogens (tertiary/aromatic N) is 2. The molecule has 4 heteroatoms. The Kier molecular flexibility index (Phi) is 4.78. The normalized spacial score (nSPS) is 12.4. The van der Waals surface area contributed by atoms with Gasteiger partial charge in [0.05, 0.1) is 6.04 Å². The molecule has 0 amide bonds. The van der Waals surface area contributed by atoms with Gasteiger partial charge in [-0.05, 0) is 25.3 Å². The average Bonchev–Trinajstić information content (AvgIpc) is 2.43. The molecule has 2 aromatic rings. The van der Waals surface area contributed by atoms with Gasteiger partial charge in [-0.3, -0.25) is 4.79 Å². The Hall–Kier alpha value is -2.10. The summed E-state index contributed by atoms with van der Waals surface area (Å²) in [5.74, 6) is 0.832. The number of rotatable bonds is 5. The minimum Gasteiger partial charge on any atom is -0.359 e. The molecule has 0 aliphatic carbocycles. The van der Waals surface area contributed by atoms with Gasteiger partial charge >= 0.3 is 0 Å². The van der Waals surface area contributed by atoms with Crippen LogP contribution in [0.2, 0.25) is 0 Å². The molecule has 1 N–H and O–H groups in total.